The highest BCUT2D eigenvalue weighted by Gasteiger charge is 2.15. The van der Waals surface area contributed by atoms with Crippen LogP contribution in [-0.4, -0.2) is 33.3 Å². The Labute approximate surface area is 75.5 Å². The van der Waals surface area contributed by atoms with E-state index in [1.165, 1.54) is 12.5 Å². The van der Waals surface area contributed by atoms with Gasteiger partial charge in [-0.1, -0.05) is 0 Å². The first-order valence-corrected chi connectivity index (χ1v) is 3.92. The molecule has 1 aromatic rings. The standard InChI is InChI=1S/C8H11N3O2/c1-2-10-7(8(12)13)3-6-4-9-5-11-6/h2,4-5,7H,3H2,1H3,(H,9,11)(H,12,13)/t7-/m0/s1. The number of aliphatic carboxylic acids is 1. The molecule has 2 N–H and O–H groups in total. The number of imidazole rings is 1. The van der Waals surface area contributed by atoms with E-state index in [2.05, 4.69) is 15.0 Å². The third-order valence-corrected chi connectivity index (χ3v) is 1.58. The van der Waals surface area contributed by atoms with Crippen LogP contribution >= 0.6 is 0 Å². The highest BCUT2D eigenvalue weighted by molar-refractivity contribution is 5.76. The molecule has 1 aromatic heterocycles. The molecule has 5 nitrogen and oxygen atoms in total. The van der Waals surface area contributed by atoms with Crippen molar-refractivity contribution in [2.24, 2.45) is 4.99 Å². The average Bonchev–Trinajstić information content (AvgIpc) is 2.56. The van der Waals surface area contributed by atoms with Gasteiger partial charge in [0.05, 0.1) is 6.33 Å². The number of aliphatic imine (C=N–C) groups is 1. The van der Waals surface area contributed by atoms with E-state index in [0.717, 1.165) is 5.69 Å². The fourth-order valence-corrected chi connectivity index (χ4v) is 0.988. The lowest BCUT2D eigenvalue weighted by atomic mass is 10.2. The summed E-state index contributed by atoms with van der Waals surface area (Å²) < 4.78 is 0. The van der Waals surface area contributed by atoms with Gasteiger partial charge in [-0.15, -0.1) is 0 Å². The van der Waals surface area contributed by atoms with Crippen LogP contribution in [0, 0.1) is 0 Å². The van der Waals surface area contributed by atoms with Crippen molar-refractivity contribution in [2.45, 2.75) is 19.4 Å². The van der Waals surface area contributed by atoms with E-state index < -0.39 is 12.0 Å². The SMILES string of the molecule is CC=N[C@@H](Cc1cnc[nH]1)C(=O)O. The zero-order chi connectivity index (χ0) is 9.68. The first kappa shape index (κ1) is 9.44. The molecule has 0 fully saturated rings. The van der Waals surface area contributed by atoms with Crippen molar-refractivity contribution in [1.29, 1.82) is 0 Å². The smallest absolute Gasteiger partial charge is 0.328 e. The normalized spacial score (nSPS) is 13.3. The van der Waals surface area contributed by atoms with Crippen LogP contribution in [-0.2, 0) is 11.2 Å². The maximum absolute atomic E-state index is 10.7. The van der Waals surface area contributed by atoms with Crippen molar-refractivity contribution >= 4 is 12.2 Å². The Morgan fingerprint density at radius 2 is 2.69 bits per heavy atom. The number of nitrogens with zero attached hydrogens (tertiary/aromatic N) is 2. The number of aromatic nitrogens is 2. The van der Waals surface area contributed by atoms with Crippen molar-refractivity contribution in [3.8, 4) is 0 Å². The van der Waals surface area contributed by atoms with E-state index >= 15 is 0 Å². The van der Waals surface area contributed by atoms with Gasteiger partial charge in [-0.3, -0.25) is 4.99 Å². The Hall–Kier alpha value is -1.65. The second kappa shape index (κ2) is 4.39. The highest BCUT2D eigenvalue weighted by atomic mass is 16.4. The summed E-state index contributed by atoms with van der Waals surface area (Å²) in [6, 6.07) is -0.717. The first-order chi connectivity index (χ1) is 6.24. The number of hydrogen-bond donors (Lipinski definition) is 2. The number of carboxylic acids is 1. The van der Waals surface area contributed by atoms with Crippen LogP contribution in [0.3, 0.4) is 0 Å². The Balaban J connectivity index is 2.63. The first-order valence-electron chi connectivity index (χ1n) is 3.92. The van der Waals surface area contributed by atoms with Crippen molar-refractivity contribution in [3.63, 3.8) is 0 Å². The van der Waals surface area contributed by atoms with Gasteiger partial charge in [0.25, 0.3) is 0 Å². The minimum absolute atomic E-state index is 0.347. The van der Waals surface area contributed by atoms with Gasteiger partial charge in [-0.05, 0) is 13.1 Å². The number of carbonyl (C=O) groups is 1. The van der Waals surface area contributed by atoms with Gasteiger partial charge in [-0.25, -0.2) is 9.78 Å². The number of carboxylic acid groups (broad SMARTS) is 1. The summed E-state index contributed by atoms with van der Waals surface area (Å²) in [4.78, 5) is 21.1. The lowest BCUT2D eigenvalue weighted by Gasteiger charge is -2.03. The molecule has 0 bridgehead atoms. The van der Waals surface area contributed by atoms with Crippen molar-refractivity contribution in [3.05, 3.63) is 18.2 Å². The van der Waals surface area contributed by atoms with Gasteiger partial charge in [-0.2, -0.15) is 0 Å². The zero-order valence-electron chi connectivity index (χ0n) is 7.27. The molecule has 0 unspecified atom stereocenters. The van der Waals surface area contributed by atoms with Crippen molar-refractivity contribution < 1.29 is 9.90 Å². The monoisotopic (exact) mass is 181 g/mol. The Kier molecular flexibility index (Phi) is 3.19. The van der Waals surface area contributed by atoms with Crippen LogP contribution in [0.25, 0.3) is 0 Å². The van der Waals surface area contributed by atoms with Crippen LogP contribution in [0.1, 0.15) is 12.6 Å². The number of rotatable bonds is 4. The second-order valence-electron chi connectivity index (χ2n) is 2.54. The molecule has 1 rings (SSSR count). The van der Waals surface area contributed by atoms with E-state index in [-0.39, 0.29) is 0 Å². The number of nitrogens with one attached hydrogen (secondary N) is 1. The average molecular weight is 181 g/mol. The molecule has 0 radical (unpaired) electrons. The van der Waals surface area contributed by atoms with Gasteiger partial charge in [0.2, 0.25) is 0 Å². The fraction of sp³-hybridized carbons (Fsp3) is 0.375. The highest BCUT2D eigenvalue weighted by Crippen LogP contribution is 2.01. The summed E-state index contributed by atoms with van der Waals surface area (Å²) in [7, 11) is 0. The Morgan fingerprint density at radius 3 is 3.15 bits per heavy atom. The van der Waals surface area contributed by atoms with Crippen LogP contribution < -0.4 is 0 Å². The van der Waals surface area contributed by atoms with Crippen LogP contribution in [0.15, 0.2) is 17.5 Å². The fourth-order valence-electron chi connectivity index (χ4n) is 0.988. The molecular weight excluding hydrogens is 170 g/mol. The van der Waals surface area contributed by atoms with Gasteiger partial charge in [0.1, 0.15) is 0 Å². The summed E-state index contributed by atoms with van der Waals surface area (Å²) in [5.74, 6) is -0.923. The molecule has 0 saturated heterocycles. The van der Waals surface area contributed by atoms with Crippen LogP contribution in [0.5, 0.6) is 0 Å². The maximum atomic E-state index is 10.7. The molecule has 1 heterocycles. The third kappa shape index (κ3) is 2.70. The van der Waals surface area contributed by atoms with E-state index in [1.807, 2.05) is 0 Å². The van der Waals surface area contributed by atoms with E-state index in [4.69, 9.17) is 5.11 Å². The van der Waals surface area contributed by atoms with E-state index in [9.17, 15) is 4.79 Å². The lowest BCUT2D eigenvalue weighted by molar-refractivity contribution is -0.138. The summed E-state index contributed by atoms with van der Waals surface area (Å²) in [6.07, 6.45) is 4.96. The molecular formula is C8H11N3O2. The van der Waals surface area contributed by atoms with Crippen LogP contribution in [0.4, 0.5) is 0 Å². The zero-order valence-corrected chi connectivity index (χ0v) is 7.27. The molecule has 0 aliphatic heterocycles. The van der Waals surface area contributed by atoms with Gasteiger partial charge < -0.3 is 10.1 Å². The molecule has 1 atom stereocenters. The van der Waals surface area contributed by atoms with Crippen LogP contribution in [0.2, 0.25) is 0 Å². The molecule has 0 aromatic carbocycles. The van der Waals surface area contributed by atoms with Gasteiger partial charge in [0.15, 0.2) is 6.04 Å². The minimum atomic E-state index is -0.923. The lowest BCUT2D eigenvalue weighted by Crippen LogP contribution is -2.20. The third-order valence-electron chi connectivity index (χ3n) is 1.58. The predicted octanol–water partition coefficient (Wildman–Crippen LogP) is 0.496. The second-order valence-corrected chi connectivity index (χ2v) is 2.54. The Morgan fingerprint density at radius 1 is 1.92 bits per heavy atom. The molecule has 0 aliphatic rings. The molecule has 0 saturated carbocycles. The topological polar surface area (TPSA) is 78.3 Å². The maximum Gasteiger partial charge on any atom is 0.328 e. The molecule has 0 amide bonds. The largest absolute Gasteiger partial charge is 0.480 e. The van der Waals surface area contributed by atoms with Crippen molar-refractivity contribution in [1.82, 2.24) is 9.97 Å². The summed E-state index contributed by atoms with van der Waals surface area (Å²) in [6.45, 7) is 1.70. The number of H-pyrrole nitrogens is 1. The minimum Gasteiger partial charge on any atom is -0.480 e. The summed E-state index contributed by atoms with van der Waals surface area (Å²) >= 11 is 0. The summed E-state index contributed by atoms with van der Waals surface area (Å²) in [5.41, 5.74) is 0.776. The molecule has 0 aliphatic carbocycles. The van der Waals surface area contributed by atoms with Gasteiger partial charge >= 0.3 is 5.97 Å². The quantitative estimate of drug-likeness (QED) is 0.664. The van der Waals surface area contributed by atoms with E-state index in [0.29, 0.717) is 6.42 Å². The predicted molar refractivity (Wildman–Crippen MR) is 47.9 cm³/mol. The molecule has 13 heavy (non-hydrogen) atoms. The van der Waals surface area contributed by atoms with Crippen molar-refractivity contribution in [2.75, 3.05) is 0 Å². The summed E-state index contributed by atoms with van der Waals surface area (Å²) in [5, 5.41) is 8.76. The molecule has 70 valence electrons. The Bertz CT molecular complexity index is 292. The molecule has 0 spiro atoms. The molecule has 5 heteroatoms. The number of aromatic amines is 1. The van der Waals surface area contributed by atoms with Gasteiger partial charge in [0, 0.05) is 18.3 Å². The number of hydrogen-bond acceptors (Lipinski definition) is 3. The van der Waals surface area contributed by atoms with E-state index in [1.54, 1.807) is 13.1 Å².